The predicted octanol–water partition coefficient (Wildman–Crippen LogP) is 4.22. The first-order valence-electron chi connectivity index (χ1n) is 7.56. The Labute approximate surface area is 140 Å². The Hall–Kier alpha value is -3.08. The van der Waals surface area contributed by atoms with E-state index in [9.17, 15) is 4.79 Å². The van der Waals surface area contributed by atoms with Crippen LogP contribution in [0.2, 0.25) is 0 Å². The largest absolute Gasteiger partial charge is 0.497 e. The maximum Gasteiger partial charge on any atom is 0.261 e. The summed E-state index contributed by atoms with van der Waals surface area (Å²) in [6, 6.07) is 13.1. The first kappa shape index (κ1) is 15.8. The molecule has 3 aromatic rings. The molecule has 0 radical (unpaired) electrons. The van der Waals surface area contributed by atoms with Crippen molar-refractivity contribution in [1.29, 1.82) is 0 Å². The molecule has 0 unspecified atom stereocenters. The zero-order valence-corrected chi connectivity index (χ0v) is 13.8. The number of carbonyl (C=O) groups excluding carboxylic acids is 1. The number of ether oxygens (including phenoxy) is 1. The van der Waals surface area contributed by atoms with Gasteiger partial charge in [0.25, 0.3) is 5.91 Å². The first-order valence-corrected chi connectivity index (χ1v) is 7.56. The van der Waals surface area contributed by atoms with E-state index in [-0.39, 0.29) is 5.91 Å². The van der Waals surface area contributed by atoms with E-state index in [0.29, 0.717) is 11.3 Å². The molecule has 0 aliphatic heterocycles. The molecular formula is C19H18N2O3. The van der Waals surface area contributed by atoms with Gasteiger partial charge in [0.1, 0.15) is 11.3 Å². The number of aromatic nitrogens is 1. The highest BCUT2D eigenvalue weighted by Crippen LogP contribution is 2.26. The van der Waals surface area contributed by atoms with Gasteiger partial charge in [0.15, 0.2) is 5.76 Å². The fraction of sp³-hybridized carbons (Fsp3) is 0.158. The van der Waals surface area contributed by atoms with Gasteiger partial charge < -0.3 is 14.6 Å². The van der Waals surface area contributed by atoms with Crippen LogP contribution >= 0.6 is 0 Å². The second kappa shape index (κ2) is 6.58. The molecule has 0 bridgehead atoms. The van der Waals surface area contributed by atoms with Gasteiger partial charge >= 0.3 is 0 Å². The van der Waals surface area contributed by atoms with Crippen molar-refractivity contribution in [2.45, 2.75) is 13.8 Å². The third kappa shape index (κ3) is 3.15. The topological polar surface area (TPSA) is 64.4 Å². The van der Waals surface area contributed by atoms with Gasteiger partial charge in [-0.1, -0.05) is 11.2 Å². The third-order valence-corrected chi connectivity index (χ3v) is 3.93. The molecule has 5 nitrogen and oxygen atoms in total. The number of hydrogen-bond donors (Lipinski definition) is 1. The molecule has 0 spiro atoms. The van der Waals surface area contributed by atoms with Crippen LogP contribution in [0.15, 0.2) is 53.2 Å². The molecular weight excluding hydrogens is 304 g/mol. The van der Waals surface area contributed by atoms with Gasteiger partial charge in [0, 0.05) is 11.3 Å². The zero-order chi connectivity index (χ0) is 17.1. The van der Waals surface area contributed by atoms with Crippen molar-refractivity contribution in [3.05, 3.63) is 65.4 Å². The minimum Gasteiger partial charge on any atom is -0.497 e. The summed E-state index contributed by atoms with van der Waals surface area (Å²) < 4.78 is 10.4. The number of carbonyl (C=O) groups is 1. The molecule has 0 aliphatic carbocycles. The summed E-state index contributed by atoms with van der Waals surface area (Å²) >= 11 is 0. The maximum absolute atomic E-state index is 12.6. The second-order valence-electron chi connectivity index (χ2n) is 5.55. The summed E-state index contributed by atoms with van der Waals surface area (Å²) in [7, 11) is 1.60. The van der Waals surface area contributed by atoms with Crippen LogP contribution in [0.25, 0.3) is 11.3 Å². The highest BCUT2D eigenvalue weighted by atomic mass is 16.5. The normalized spacial score (nSPS) is 10.5. The molecule has 0 atom stereocenters. The molecule has 1 N–H and O–H groups in total. The van der Waals surface area contributed by atoms with Crippen LogP contribution in [0.3, 0.4) is 0 Å². The lowest BCUT2D eigenvalue weighted by molar-refractivity contribution is 0.102. The molecule has 5 heteroatoms. The van der Waals surface area contributed by atoms with Gasteiger partial charge in [-0.25, -0.2) is 0 Å². The van der Waals surface area contributed by atoms with Crippen molar-refractivity contribution in [1.82, 2.24) is 5.16 Å². The molecule has 1 heterocycles. The molecule has 0 saturated heterocycles. The van der Waals surface area contributed by atoms with Crippen LogP contribution in [0.5, 0.6) is 5.75 Å². The number of hydrogen-bond acceptors (Lipinski definition) is 4. The number of methoxy groups -OCH3 is 1. The Morgan fingerprint density at radius 1 is 1.08 bits per heavy atom. The monoisotopic (exact) mass is 322 g/mol. The number of benzene rings is 2. The quantitative estimate of drug-likeness (QED) is 0.781. The van der Waals surface area contributed by atoms with Crippen molar-refractivity contribution in [3.63, 3.8) is 0 Å². The predicted molar refractivity (Wildman–Crippen MR) is 92.4 cm³/mol. The van der Waals surface area contributed by atoms with Crippen molar-refractivity contribution in [3.8, 4) is 17.1 Å². The molecule has 24 heavy (non-hydrogen) atoms. The molecule has 122 valence electrons. The lowest BCUT2D eigenvalue weighted by Gasteiger charge is -2.07. The van der Waals surface area contributed by atoms with E-state index in [1.54, 1.807) is 7.11 Å². The number of nitrogens with zero attached hydrogens (tertiary/aromatic N) is 1. The van der Waals surface area contributed by atoms with Crippen molar-refractivity contribution < 1.29 is 14.1 Å². The number of aryl methyl sites for hydroxylation is 2. The SMILES string of the molecule is COc1ccc(-c2oncc2C(=O)Nc2ccc(C)c(C)c2)cc1. The fourth-order valence-corrected chi connectivity index (χ4v) is 2.37. The van der Waals surface area contributed by atoms with Gasteiger partial charge in [-0.3, -0.25) is 4.79 Å². The van der Waals surface area contributed by atoms with Crippen molar-refractivity contribution >= 4 is 11.6 Å². The van der Waals surface area contributed by atoms with E-state index in [1.165, 1.54) is 11.8 Å². The van der Waals surface area contributed by atoms with E-state index >= 15 is 0 Å². The maximum atomic E-state index is 12.6. The average molecular weight is 322 g/mol. The molecule has 0 fully saturated rings. The summed E-state index contributed by atoms with van der Waals surface area (Å²) in [5.41, 5.74) is 4.19. The van der Waals surface area contributed by atoms with E-state index in [2.05, 4.69) is 10.5 Å². The van der Waals surface area contributed by atoms with Crippen LogP contribution < -0.4 is 10.1 Å². The van der Waals surface area contributed by atoms with Crippen molar-refractivity contribution in [2.75, 3.05) is 12.4 Å². The van der Waals surface area contributed by atoms with Gasteiger partial charge in [-0.05, 0) is 61.4 Å². The number of anilines is 1. The Balaban J connectivity index is 1.85. The van der Waals surface area contributed by atoms with Gasteiger partial charge in [0.05, 0.1) is 13.3 Å². The Morgan fingerprint density at radius 3 is 2.50 bits per heavy atom. The van der Waals surface area contributed by atoms with Gasteiger partial charge in [-0.2, -0.15) is 0 Å². The van der Waals surface area contributed by atoms with Crippen LogP contribution in [0, 0.1) is 13.8 Å². The minimum absolute atomic E-state index is 0.259. The van der Waals surface area contributed by atoms with Crippen LogP contribution in [-0.2, 0) is 0 Å². The van der Waals surface area contributed by atoms with E-state index < -0.39 is 0 Å². The molecule has 0 saturated carbocycles. The number of amides is 1. The second-order valence-corrected chi connectivity index (χ2v) is 5.55. The molecule has 1 aromatic heterocycles. The lowest BCUT2D eigenvalue weighted by atomic mass is 10.1. The highest BCUT2D eigenvalue weighted by molar-refractivity contribution is 6.07. The van der Waals surface area contributed by atoms with Gasteiger partial charge in [0.2, 0.25) is 0 Å². The summed E-state index contributed by atoms with van der Waals surface area (Å²) in [5.74, 6) is 0.906. The molecule has 0 aliphatic rings. The summed E-state index contributed by atoms with van der Waals surface area (Å²) in [6.07, 6.45) is 1.43. The molecule has 3 rings (SSSR count). The smallest absolute Gasteiger partial charge is 0.261 e. The number of rotatable bonds is 4. The minimum atomic E-state index is -0.259. The summed E-state index contributed by atoms with van der Waals surface area (Å²) in [6.45, 7) is 4.04. The van der Waals surface area contributed by atoms with E-state index in [4.69, 9.17) is 9.26 Å². The van der Waals surface area contributed by atoms with E-state index in [1.807, 2.05) is 56.3 Å². The first-order chi connectivity index (χ1) is 11.6. The fourth-order valence-electron chi connectivity index (χ4n) is 2.37. The highest BCUT2D eigenvalue weighted by Gasteiger charge is 2.18. The van der Waals surface area contributed by atoms with Gasteiger partial charge in [-0.15, -0.1) is 0 Å². The Kier molecular flexibility index (Phi) is 4.33. The van der Waals surface area contributed by atoms with Crippen LogP contribution in [-0.4, -0.2) is 18.2 Å². The van der Waals surface area contributed by atoms with Crippen LogP contribution in [0.4, 0.5) is 5.69 Å². The van der Waals surface area contributed by atoms with Crippen LogP contribution in [0.1, 0.15) is 21.5 Å². The standard InChI is InChI=1S/C19H18N2O3/c1-12-4-7-15(10-13(12)2)21-19(22)17-11-20-24-18(17)14-5-8-16(23-3)9-6-14/h4-11H,1-3H3,(H,21,22). The average Bonchev–Trinajstić information content (AvgIpc) is 3.08. The van der Waals surface area contributed by atoms with Crippen molar-refractivity contribution in [2.24, 2.45) is 0 Å². The number of nitrogens with one attached hydrogen (secondary N) is 1. The Bertz CT molecular complexity index is 867. The summed E-state index contributed by atoms with van der Waals surface area (Å²) in [4.78, 5) is 12.6. The zero-order valence-electron chi connectivity index (χ0n) is 13.8. The third-order valence-electron chi connectivity index (χ3n) is 3.93. The molecule has 2 aromatic carbocycles. The molecule has 1 amide bonds. The summed E-state index contributed by atoms with van der Waals surface area (Å²) in [5, 5.41) is 6.65. The lowest BCUT2D eigenvalue weighted by Crippen LogP contribution is -2.12. The van der Waals surface area contributed by atoms with E-state index in [0.717, 1.165) is 22.6 Å². The Morgan fingerprint density at radius 2 is 1.83 bits per heavy atom.